The fourth-order valence-electron chi connectivity index (χ4n) is 4.92. The molecule has 1 saturated heterocycles. The second kappa shape index (κ2) is 11.9. The summed E-state index contributed by atoms with van der Waals surface area (Å²) in [5.74, 6) is 0.451. The van der Waals surface area contributed by atoms with Gasteiger partial charge in [0, 0.05) is 28.7 Å². The molecule has 0 radical (unpaired) electrons. The molecular formula is C32H25Cl2N5O4S2. The molecule has 5 aromatic rings. The molecule has 0 spiro atoms. The minimum absolute atomic E-state index is 0.150. The number of benzene rings is 4. The highest BCUT2D eigenvalue weighted by Crippen LogP contribution is 2.32. The first kappa shape index (κ1) is 30.8. The lowest BCUT2D eigenvalue weighted by atomic mass is 10.0. The third-order valence-corrected chi connectivity index (χ3v) is 9.87. The lowest BCUT2D eigenvalue weighted by Crippen LogP contribution is -2.24. The van der Waals surface area contributed by atoms with Gasteiger partial charge in [0.2, 0.25) is 0 Å². The largest absolute Gasteiger partial charge is 0.301 e. The summed E-state index contributed by atoms with van der Waals surface area (Å²) >= 11 is 12.6. The Balaban J connectivity index is 1.33. The van der Waals surface area contributed by atoms with Crippen LogP contribution in [0.5, 0.6) is 0 Å². The van der Waals surface area contributed by atoms with E-state index in [4.69, 9.17) is 33.6 Å². The molecule has 0 bridgehead atoms. The second-order valence-electron chi connectivity index (χ2n) is 10.4. The van der Waals surface area contributed by atoms with Gasteiger partial charge in [0.25, 0.3) is 0 Å². The summed E-state index contributed by atoms with van der Waals surface area (Å²) in [7, 11) is -7.07. The maximum absolute atomic E-state index is 12.0. The first-order chi connectivity index (χ1) is 21.4. The smallest absolute Gasteiger partial charge is 0.300 e. The lowest BCUT2D eigenvalue weighted by Gasteiger charge is -2.10. The molecule has 1 aliphatic rings. The van der Waals surface area contributed by atoms with Crippen LogP contribution in [-0.4, -0.2) is 38.5 Å². The van der Waals surface area contributed by atoms with E-state index in [0.717, 1.165) is 22.4 Å². The van der Waals surface area contributed by atoms with Crippen LogP contribution < -0.4 is 9.44 Å². The standard InChI is InChI=1S/C32H25Cl2N5O4S2/c1-44(40,41)26-4-2-3-23(17-26)21-8-5-20(6-9-21)7-16-30-36-29(27-15-12-24(33)18-28(27)34)19-39(30)25-13-10-22(11-14-25)31-32(35)38-45(42,43)37-31/h2-19,31,37H,1H3,(H2,35,38). The van der Waals surface area contributed by atoms with Crippen molar-refractivity contribution in [1.82, 2.24) is 19.0 Å². The zero-order chi connectivity index (χ0) is 31.9. The van der Waals surface area contributed by atoms with Gasteiger partial charge in [0.05, 0.1) is 15.6 Å². The third kappa shape index (κ3) is 6.73. The normalized spacial score (nSPS) is 16.2. The topological polar surface area (TPSA) is 134 Å². The van der Waals surface area contributed by atoms with Crippen LogP contribution in [0.3, 0.4) is 0 Å². The van der Waals surface area contributed by atoms with Crippen molar-refractivity contribution in [1.29, 1.82) is 5.41 Å². The van der Waals surface area contributed by atoms with E-state index in [1.165, 1.54) is 6.26 Å². The number of nitrogens with one attached hydrogen (secondary N) is 3. The summed E-state index contributed by atoms with van der Waals surface area (Å²) in [6, 6.07) is 26.1. The molecule has 1 unspecified atom stereocenters. The highest BCUT2D eigenvalue weighted by atomic mass is 35.5. The van der Waals surface area contributed by atoms with E-state index in [2.05, 4.69) is 9.44 Å². The number of sulfone groups is 1. The summed E-state index contributed by atoms with van der Waals surface area (Å²) in [6.45, 7) is 0. The number of hydrogen-bond acceptors (Lipinski definition) is 6. The third-order valence-electron chi connectivity index (χ3n) is 7.18. The number of aromatic nitrogens is 2. The van der Waals surface area contributed by atoms with Crippen molar-refractivity contribution in [2.45, 2.75) is 10.9 Å². The monoisotopic (exact) mass is 677 g/mol. The molecule has 0 aliphatic carbocycles. The number of rotatable bonds is 7. The van der Waals surface area contributed by atoms with Gasteiger partial charge in [-0.05, 0) is 70.8 Å². The highest BCUT2D eigenvalue weighted by molar-refractivity contribution is 7.90. The van der Waals surface area contributed by atoms with Gasteiger partial charge in [-0.2, -0.15) is 13.1 Å². The second-order valence-corrected chi connectivity index (χ2v) is 14.7. The Labute approximate surface area is 270 Å². The molecule has 9 nitrogen and oxygen atoms in total. The Morgan fingerprint density at radius 2 is 1.64 bits per heavy atom. The summed E-state index contributed by atoms with van der Waals surface area (Å²) < 4.78 is 54.1. The quantitative estimate of drug-likeness (QED) is 0.180. The molecule has 0 saturated carbocycles. The molecule has 1 atom stereocenters. The SMILES string of the molecule is CS(=O)(=O)c1cccc(-c2ccc(C=Cc3nc(-c4ccc(Cl)cc4Cl)cn3-c3ccc(C4NS(=O)(=O)NC4=N)cc3)cc2)c1. The Hall–Kier alpha value is -4.26. The van der Waals surface area contributed by atoms with Gasteiger partial charge < -0.3 is 0 Å². The average Bonchev–Trinajstić information content (AvgIpc) is 3.55. The first-order valence-corrected chi connectivity index (χ1v) is 17.6. The summed E-state index contributed by atoms with van der Waals surface area (Å²) in [5.41, 5.74) is 5.26. The zero-order valence-corrected chi connectivity index (χ0v) is 26.7. The fraction of sp³-hybridized carbons (Fsp3) is 0.0625. The van der Waals surface area contributed by atoms with Gasteiger partial charge in [-0.15, -0.1) is 0 Å². The van der Waals surface area contributed by atoms with E-state index in [1.807, 2.05) is 65.4 Å². The molecule has 0 amide bonds. The van der Waals surface area contributed by atoms with Gasteiger partial charge in [-0.25, -0.2) is 13.4 Å². The maximum Gasteiger partial charge on any atom is 0.301 e. The number of halogens is 2. The van der Waals surface area contributed by atoms with Crippen LogP contribution in [-0.2, 0) is 20.0 Å². The molecule has 1 aromatic heterocycles. The predicted molar refractivity (Wildman–Crippen MR) is 179 cm³/mol. The minimum Gasteiger partial charge on any atom is -0.300 e. The van der Waals surface area contributed by atoms with Crippen LogP contribution in [0.1, 0.15) is 23.0 Å². The Morgan fingerprint density at radius 3 is 2.29 bits per heavy atom. The molecule has 3 N–H and O–H groups in total. The Kier molecular flexibility index (Phi) is 8.14. The highest BCUT2D eigenvalue weighted by Gasteiger charge is 2.32. The van der Waals surface area contributed by atoms with Crippen molar-refractivity contribution in [3.8, 4) is 28.1 Å². The van der Waals surface area contributed by atoms with Gasteiger partial charge in [0.15, 0.2) is 9.84 Å². The summed E-state index contributed by atoms with van der Waals surface area (Å²) in [5, 5.41) is 8.95. The zero-order valence-electron chi connectivity index (χ0n) is 23.6. The lowest BCUT2D eigenvalue weighted by molar-refractivity contribution is 0.583. The van der Waals surface area contributed by atoms with Crippen LogP contribution in [0.25, 0.3) is 40.2 Å². The maximum atomic E-state index is 12.0. The van der Waals surface area contributed by atoms with E-state index >= 15 is 0 Å². The van der Waals surface area contributed by atoms with Crippen molar-refractivity contribution >= 4 is 61.2 Å². The van der Waals surface area contributed by atoms with Crippen molar-refractivity contribution < 1.29 is 16.8 Å². The van der Waals surface area contributed by atoms with E-state index in [9.17, 15) is 16.8 Å². The number of amidine groups is 1. The summed E-state index contributed by atoms with van der Waals surface area (Å²) in [6.07, 6.45) is 6.82. The van der Waals surface area contributed by atoms with Crippen LogP contribution >= 0.6 is 23.2 Å². The minimum atomic E-state index is -3.75. The number of imidazole rings is 1. The van der Waals surface area contributed by atoms with E-state index in [-0.39, 0.29) is 10.7 Å². The van der Waals surface area contributed by atoms with E-state index < -0.39 is 26.1 Å². The molecule has 45 heavy (non-hydrogen) atoms. The average molecular weight is 679 g/mol. The molecule has 4 aromatic carbocycles. The van der Waals surface area contributed by atoms with Gasteiger partial charge in [-0.3, -0.25) is 14.7 Å². The Bertz CT molecular complexity index is 2200. The van der Waals surface area contributed by atoms with Gasteiger partial charge >= 0.3 is 10.2 Å². The van der Waals surface area contributed by atoms with Crippen molar-refractivity contribution in [2.24, 2.45) is 0 Å². The van der Waals surface area contributed by atoms with Crippen LogP contribution in [0, 0.1) is 5.41 Å². The molecule has 13 heteroatoms. The molecule has 6 rings (SSSR count). The Morgan fingerprint density at radius 1 is 0.911 bits per heavy atom. The van der Waals surface area contributed by atoms with Crippen molar-refractivity contribution in [2.75, 3.05) is 6.26 Å². The molecular weight excluding hydrogens is 653 g/mol. The number of nitrogens with zero attached hydrogens (tertiary/aromatic N) is 2. The molecule has 1 fully saturated rings. The molecule has 228 valence electrons. The van der Waals surface area contributed by atoms with Crippen molar-refractivity contribution in [3.05, 3.63) is 124 Å². The predicted octanol–water partition coefficient (Wildman–Crippen LogP) is 6.54. The molecule has 2 heterocycles. The molecule has 1 aliphatic heterocycles. The van der Waals surface area contributed by atoms with E-state index in [0.29, 0.717) is 32.7 Å². The van der Waals surface area contributed by atoms with Crippen LogP contribution in [0.4, 0.5) is 0 Å². The summed E-state index contributed by atoms with van der Waals surface area (Å²) in [4.78, 5) is 5.11. The van der Waals surface area contributed by atoms with Crippen LogP contribution in [0.2, 0.25) is 10.0 Å². The van der Waals surface area contributed by atoms with E-state index in [1.54, 1.807) is 48.5 Å². The fourth-order valence-corrected chi connectivity index (χ4v) is 7.12. The number of hydrogen-bond donors (Lipinski definition) is 3. The van der Waals surface area contributed by atoms with Gasteiger partial charge in [0.1, 0.15) is 17.7 Å². The first-order valence-electron chi connectivity index (χ1n) is 13.5. The van der Waals surface area contributed by atoms with Crippen LogP contribution in [0.15, 0.2) is 102 Å². The van der Waals surface area contributed by atoms with Gasteiger partial charge in [-0.1, -0.05) is 77.8 Å². The van der Waals surface area contributed by atoms with Crippen molar-refractivity contribution in [3.63, 3.8) is 0 Å².